The van der Waals surface area contributed by atoms with Gasteiger partial charge in [0.25, 0.3) is 0 Å². The summed E-state index contributed by atoms with van der Waals surface area (Å²) in [6, 6.07) is 2.75. The average Bonchev–Trinajstić information content (AvgIpc) is 2.27. The average molecular weight is 286 g/mol. The van der Waals surface area contributed by atoms with E-state index in [0.717, 1.165) is 0 Å². The third-order valence-corrected chi connectivity index (χ3v) is 2.46. The van der Waals surface area contributed by atoms with E-state index in [1.54, 1.807) is 0 Å². The fourth-order valence-corrected chi connectivity index (χ4v) is 1.51. The van der Waals surface area contributed by atoms with Gasteiger partial charge in [-0.05, 0) is 18.2 Å². The zero-order valence-corrected chi connectivity index (χ0v) is 10.5. The SMILES string of the molecule is NC(=O)CC(N)C(=O)Nc1cc(Cl)ccc1C(=O)O. The lowest BCUT2D eigenvalue weighted by atomic mass is 10.1. The molecule has 0 aromatic heterocycles. The number of carbonyl (C=O) groups is 3. The van der Waals surface area contributed by atoms with E-state index in [9.17, 15) is 14.4 Å². The lowest BCUT2D eigenvalue weighted by molar-refractivity contribution is -0.123. The number of aromatic carboxylic acids is 1. The summed E-state index contributed by atoms with van der Waals surface area (Å²) in [6.45, 7) is 0. The summed E-state index contributed by atoms with van der Waals surface area (Å²) in [6.07, 6.45) is -0.338. The van der Waals surface area contributed by atoms with Crippen LogP contribution in [0, 0.1) is 0 Å². The minimum atomic E-state index is -1.23. The van der Waals surface area contributed by atoms with Crippen molar-refractivity contribution in [2.75, 3.05) is 5.32 Å². The van der Waals surface area contributed by atoms with Gasteiger partial charge in [0.2, 0.25) is 11.8 Å². The zero-order chi connectivity index (χ0) is 14.6. The van der Waals surface area contributed by atoms with Gasteiger partial charge >= 0.3 is 5.97 Å². The number of benzene rings is 1. The van der Waals surface area contributed by atoms with Gasteiger partial charge in [0.05, 0.1) is 23.7 Å². The molecule has 19 heavy (non-hydrogen) atoms. The summed E-state index contributed by atoms with van der Waals surface area (Å²) in [7, 11) is 0. The number of carboxylic acids is 1. The van der Waals surface area contributed by atoms with E-state index in [4.69, 9.17) is 28.2 Å². The van der Waals surface area contributed by atoms with Crippen LogP contribution in [0.25, 0.3) is 0 Å². The van der Waals surface area contributed by atoms with Crippen LogP contribution in [-0.4, -0.2) is 28.9 Å². The third kappa shape index (κ3) is 4.23. The van der Waals surface area contributed by atoms with Crippen LogP contribution in [0.3, 0.4) is 0 Å². The van der Waals surface area contributed by atoms with Crippen molar-refractivity contribution in [2.45, 2.75) is 12.5 Å². The second kappa shape index (κ2) is 6.17. The number of carbonyl (C=O) groups excluding carboxylic acids is 2. The van der Waals surface area contributed by atoms with Gasteiger partial charge in [-0.1, -0.05) is 11.6 Å². The quantitative estimate of drug-likeness (QED) is 0.612. The Labute approximate surface area is 113 Å². The lowest BCUT2D eigenvalue weighted by Gasteiger charge is -2.12. The smallest absolute Gasteiger partial charge is 0.337 e. The molecule has 7 nitrogen and oxygen atoms in total. The molecule has 1 aromatic carbocycles. The van der Waals surface area contributed by atoms with E-state index in [-0.39, 0.29) is 22.7 Å². The Morgan fingerprint density at radius 2 is 2.00 bits per heavy atom. The molecule has 0 aliphatic rings. The van der Waals surface area contributed by atoms with Crippen LogP contribution in [0.2, 0.25) is 5.02 Å². The van der Waals surface area contributed by atoms with Crippen molar-refractivity contribution < 1.29 is 19.5 Å². The molecule has 0 bridgehead atoms. The minimum absolute atomic E-state index is 0.00456. The van der Waals surface area contributed by atoms with Crippen LogP contribution < -0.4 is 16.8 Å². The van der Waals surface area contributed by atoms with Crippen molar-refractivity contribution in [3.05, 3.63) is 28.8 Å². The maximum atomic E-state index is 11.7. The van der Waals surface area contributed by atoms with Crippen LogP contribution in [0.4, 0.5) is 5.69 Å². The predicted molar refractivity (Wildman–Crippen MR) is 68.8 cm³/mol. The summed E-state index contributed by atoms with van der Waals surface area (Å²) < 4.78 is 0. The van der Waals surface area contributed by atoms with Gasteiger partial charge in [-0.15, -0.1) is 0 Å². The first-order valence-corrected chi connectivity index (χ1v) is 5.56. The fraction of sp³-hybridized carbons (Fsp3) is 0.182. The van der Waals surface area contributed by atoms with Gasteiger partial charge in [-0.2, -0.15) is 0 Å². The number of primary amides is 1. The Morgan fingerprint density at radius 3 is 2.53 bits per heavy atom. The summed E-state index contributed by atoms with van der Waals surface area (Å²) in [4.78, 5) is 33.3. The molecule has 0 aliphatic carbocycles. The maximum absolute atomic E-state index is 11.7. The van der Waals surface area contributed by atoms with Crippen molar-refractivity contribution in [2.24, 2.45) is 11.5 Å². The third-order valence-electron chi connectivity index (χ3n) is 2.23. The van der Waals surface area contributed by atoms with E-state index >= 15 is 0 Å². The molecule has 0 fully saturated rings. The summed E-state index contributed by atoms with van der Waals surface area (Å²) in [5, 5.41) is 11.5. The molecule has 102 valence electrons. The van der Waals surface area contributed by atoms with Crippen molar-refractivity contribution in [3.8, 4) is 0 Å². The Hall–Kier alpha value is -2.12. The van der Waals surface area contributed by atoms with Gasteiger partial charge < -0.3 is 21.9 Å². The van der Waals surface area contributed by atoms with Crippen LogP contribution >= 0.6 is 11.6 Å². The number of carboxylic acid groups (broad SMARTS) is 1. The van der Waals surface area contributed by atoms with Crippen molar-refractivity contribution >= 4 is 35.1 Å². The number of hydrogen-bond donors (Lipinski definition) is 4. The predicted octanol–water partition coefficient (Wildman–Crippen LogP) is 0.179. The van der Waals surface area contributed by atoms with E-state index in [1.165, 1.54) is 18.2 Å². The number of rotatable bonds is 5. The minimum Gasteiger partial charge on any atom is -0.478 e. The number of nitrogens with two attached hydrogens (primary N) is 2. The largest absolute Gasteiger partial charge is 0.478 e. The Kier molecular flexibility index (Phi) is 4.85. The van der Waals surface area contributed by atoms with Gasteiger partial charge in [0.1, 0.15) is 0 Å². The van der Waals surface area contributed by atoms with Crippen LogP contribution in [0.15, 0.2) is 18.2 Å². The molecule has 1 rings (SSSR count). The number of halogens is 1. The number of amides is 2. The Bertz CT molecular complexity index is 533. The lowest BCUT2D eigenvalue weighted by Crippen LogP contribution is -2.39. The molecular weight excluding hydrogens is 274 g/mol. The van der Waals surface area contributed by atoms with Crippen LogP contribution in [-0.2, 0) is 9.59 Å². The van der Waals surface area contributed by atoms with Gasteiger partial charge in [-0.3, -0.25) is 9.59 Å². The maximum Gasteiger partial charge on any atom is 0.337 e. The Morgan fingerprint density at radius 1 is 1.37 bits per heavy atom. The number of nitrogens with one attached hydrogen (secondary N) is 1. The molecule has 0 saturated heterocycles. The number of anilines is 1. The highest BCUT2D eigenvalue weighted by molar-refractivity contribution is 6.31. The first-order valence-electron chi connectivity index (χ1n) is 5.19. The normalized spacial score (nSPS) is 11.7. The van der Waals surface area contributed by atoms with Crippen molar-refractivity contribution in [1.82, 2.24) is 0 Å². The first kappa shape index (κ1) is 14.9. The highest BCUT2D eigenvalue weighted by Gasteiger charge is 2.19. The monoisotopic (exact) mass is 285 g/mol. The molecule has 1 unspecified atom stereocenters. The van der Waals surface area contributed by atoms with Crippen LogP contribution in [0.5, 0.6) is 0 Å². The second-order valence-electron chi connectivity index (χ2n) is 3.76. The van der Waals surface area contributed by atoms with E-state index < -0.39 is 23.8 Å². The molecule has 8 heteroatoms. The van der Waals surface area contributed by atoms with E-state index in [2.05, 4.69) is 5.32 Å². The summed E-state index contributed by atoms with van der Waals surface area (Å²) >= 11 is 5.72. The highest BCUT2D eigenvalue weighted by Crippen LogP contribution is 2.21. The summed E-state index contributed by atoms with van der Waals surface area (Å²) in [5.74, 6) is -2.67. The topological polar surface area (TPSA) is 136 Å². The highest BCUT2D eigenvalue weighted by atomic mass is 35.5. The first-order chi connectivity index (χ1) is 8.81. The zero-order valence-electron chi connectivity index (χ0n) is 9.72. The number of hydrogen-bond acceptors (Lipinski definition) is 4. The molecular formula is C11H12ClN3O4. The molecule has 6 N–H and O–H groups in total. The molecule has 0 heterocycles. The van der Waals surface area contributed by atoms with E-state index in [0.29, 0.717) is 0 Å². The summed E-state index contributed by atoms with van der Waals surface area (Å²) in [5.41, 5.74) is 10.2. The molecule has 0 saturated carbocycles. The molecule has 1 atom stereocenters. The molecule has 2 amide bonds. The van der Waals surface area contributed by atoms with Gasteiger partial charge in [0, 0.05) is 5.02 Å². The van der Waals surface area contributed by atoms with Crippen molar-refractivity contribution in [1.29, 1.82) is 0 Å². The fourth-order valence-electron chi connectivity index (χ4n) is 1.34. The second-order valence-corrected chi connectivity index (χ2v) is 4.20. The van der Waals surface area contributed by atoms with E-state index in [1.807, 2.05) is 0 Å². The molecule has 0 spiro atoms. The Balaban J connectivity index is 2.92. The molecule has 0 radical (unpaired) electrons. The van der Waals surface area contributed by atoms with Gasteiger partial charge in [0.15, 0.2) is 0 Å². The molecule has 0 aliphatic heterocycles. The van der Waals surface area contributed by atoms with Gasteiger partial charge in [-0.25, -0.2) is 4.79 Å². The molecule has 1 aromatic rings. The van der Waals surface area contributed by atoms with Crippen molar-refractivity contribution in [3.63, 3.8) is 0 Å². The van der Waals surface area contributed by atoms with Crippen LogP contribution in [0.1, 0.15) is 16.8 Å². The standard InChI is InChI=1S/C11H12ClN3O4/c12-5-1-2-6(11(18)19)8(3-5)15-10(17)7(13)4-9(14)16/h1-3,7H,4,13H2,(H2,14,16)(H,15,17)(H,18,19).